The lowest BCUT2D eigenvalue weighted by molar-refractivity contribution is 1.12. The maximum atomic E-state index is 5.66. The molecule has 0 aliphatic rings. The lowest BCUT2D eigenvalue weighted by atomic mass is 10.3. The highest BCUT2D eigenvalue weighted by molar-refractivity contribution is 9.10. The lowest BCUT2D eigenvalue weighted by Gasteiger charge is -1.99. The van der Waals surface area contributed by atoms with E-state index in [1.165, 1.54) is 0 Å². The van der Waals surface area contributed by atoms with E-state index in [2.05, 4.69) is 25.9 Å². The van der Waals surface area contributed by atoms with Crippen LogP contribution >= 0.6 is 15.9 Å². The van der Waals surface area contributed by atoms with Gasteiger partial charge in [-0.3, -0.25) is 9.98 Å². The Balaban J connectivity index is 2.95. The second-order valence-corrected chi connectivity index (χ2v) is 3.17. The Bertz CT molecular complexity index is 296. The number of halogens is 1. The van der Waals surface area contributed by atoms with Crippen LogP contribution in [0.15, 0.2) is 27.9 Å². The fourth-order valence-electron chi connectivity index (χ4n) is 0.814. The molecule has 0 saturated carbocycles. The minimum absolute atomic E-state index is 0.534. The molecule has 0 radical (unpaired) electrons. The third-order valence-electron chi connectivity index (χ3n) is 1.33. The number of aliphatic imine (C=N–C) groups is 1. The van der Waals surface area contributed by atoms with Crippen molar-refractivity contribution in [3.05, 3.63) is 28.5 Å². The van der Waals surface area contributed by atoms with Crippen LogP contribution in [0.2, 0.25) is 0 Å². The van der Waals surface area contributed by atoms with Gasteiger partial charge in [0.25, 0.3) is 0 Å². The first kappa shape index (κ1) is 9.19. The first-order valence-electron chi connectivity index (χ1n) is 3.65. The first-order chi connectivity index (χ1) is 5.74. The van der Waals surface area contributed by atoms with E-state index in [9.17, 15) is 0 Å². The molecule has 0 aromatic carbocycles. The summed E-state index contributed by atoms with van der Waals surface area (Å²) in [7, 11) is 0. The van der Waals surface area contributed by atoms with E-state index in [1.54, 1.807) is 12.4 Å². The largest absolute Gasteiger partial charge is 0.383 e. The summed E-state index contributed by atoms with van der Waals surface area (Å²) in [6.07, 6.45) is 3.40. The first-order valence-corrected chi connectivity index (χ1v) is 4.44. The zero-order valence-electron chi connectivity index (χ0n) is 6.79. The van der Waals surface area contributed by atoms with Gasteiger partial charge in [0.1, 0.15) is 5.84 Å². The molecule has 4 heteroatoms. The van der Waals surface area contributed by atoms with Crippen molar-refractivity contribution in [1.82, 2.24) is 4.98 Å². The SMILES string of the molecule is CCN=C(N)c1cncc(Br)c1. The molecule has 1 aromatic rings. The van der Waals surface area contributed by atoms with Gasteiger partial charge >= 0.3 is 0 Å². The van der Waals surface area contributed by atoms with E-state index in [1.807, 2.05) is 13.0 Å². The van der Waals surface area contributed by atoms with E-state index in [0.717, 1.165) is 10.0 Å². The number of nitrogens with two attached hydrogens (primary N) is 1. The molecule has 12 heavy (non-hydrogen) atoms. The van der Waals surface area contributed by atoms with E-state index >= 15 is 0 Å². The van der Waals surface area contributed by atoms with Gasteiger partial charge in [-0.05, 0) is 28.9 Å². The van der Waals surface area contributed by atoms with Crippen molar-refractivity contribution in [2.45, 2.75) is 6.92 Å². The normalized spacial score (nSPS) is 11.7. The quantitative estimate of drug-likeness (QED) is 0.617. The van der Waals surface area contributed by atoms with Crippen LogP contribution in [0, 0.1) is 0 Å². The molecule has 0 aliphatic carbocycles. The van der Waals surface area contributed by atoms with Crippen LogP contribution in [-0.2, 0) is 0 Å². The van der Waals surface area contributed by atoms with Gasteiger partial charge in [-0.25, -0.2) is 0 Å². The molecule has 1 rings (SSSR count). The maximum Gasteiger partial charge on any atom is 0.127 e. The molecule has 0 unspecified atom stereocenters. The van der Waals surface area contributed by atoms with Crippen LogP contribution in [0.1, 0.15) is 12.5 Å². The predicted molar refractivity (Wildman–Crippen MR) is 53.2 cm³/mol. The lowest BCUT2D eigenvalue weighted by Crippen LogP contribution is -2.13. The summed E-state index contributed by atoms with van der Waals surface area (Å²) in [4.78, 5) is 8.05. The third-order valence-corrected chi connectivity index (χ3v) is 1.76. The van der Waals surface area contributed by atoms with Crippen molar-refractivity contribution in [3.8, 4) is 0 Å². The number of rotatable bonds is 2. The van der Waals surface area contributed by atoms with Crippen molar-refractivity contribution in [3.63, 3.8) is 0 Å². The molecule has 0 amide bonds. The molecule has 0 atom stereocenters. The zero-order chi connectivity index (χ0) is 8.97. The summed E-state index contributed by atoms with van der Waals surface area (Å²) >= 11 is 3.31. The number of hydrogen-bond donors (Lipinski definition) is 1. The average Bonchev–Trinajstić information content (AvgIpc) is 2.05. The second kappa shape index (κ2) is 4.21. The molecular formula is C8H10BrN3. The summed E-state index contributed by atoms with van der Waals surface area (Å²) in [5.41, 5.74) is 6.52. The second-order valence-electron chi connectivity index (χ2n) is 2.25. The van der Waals surface area contributed by atoms with Gasteiger partial charge < -0.3 is 5.73 Å². The summed E-state index contributed by atoms with van der Waals surface area (Å²) in [5, 5.41) is 0. The fraction of sp³-hybridized carbons (Fsp3) is 0.250. The molecule has 1 aromatic heterocycles. The molecule has 3 nitrogen and oxygen atoms in total. The highest BCUT2D eigenvalue weighted by atomic mass is 79.9. The van der Waals surface area contributed by atoms with E-state index < -0.39 is 0 Å². The molecule has 1 heterocycles. The van der Waals surface area contributed by atoms with Crippen molar-refractivity contribution in [2.24, 2.45) is 10.7 Å². The standard InChI is InChI=1S/C8H10BrN3/c1-2-12-8(10)6-3-7(9)5-11-4-6/h3-5H,2H2,1H3,(H2,10,12). The Kier molecular flexibility index (Phi) is 3.22. The monoisotopic (exact) mass is 227 g/mol. The minimum Gasteiger partial charge on any atom is -0.383 e. The summed E-state index contributed by atoms with van der Waals surface area (Å²) < 4.78 is 0.911. The van der Waals surface area contributed by atoms with Crippen LogP contribution in [0.4, 0.5) is 0 Å². The molecular weight excluding hydrogens is 218 g/mol. The molecule has 0 bridgehead atoms. The van der Waals surface area contributed by atoms with Crippen molar-refractivity contribution in [1.29, 1.82) is 0 Å². The molecule has 64 valence electrons. The van der Waals surface area contributed by atoms with Gasteiger partial charge in [-0.2, -0.15) is 0 Å². The Morgan fingerprint density at radius 1 is 1.67 bits per heavy atom. The van der Waals surface area contributed by atoms with Crippen LogP contribution in [-0.4, -0.2) is 17.4 Å². The number of nitrogens with zero attached hydrogens (tertiary/aromatic N) is 2. The zero-order valence-corrected chi connectivity index (χ0v) is 8.37. The van der Waals surface area contributed by atoms with Gasteiger partial charge in [0.2, 0.25) is 0 Å². The summed E-state index contributed by atoms with van der Waals surface area (Å²) in [5.74, 6) is 0.534. The fourth-order valence-corrected chi connectivity index (χ4v) is 1.18. The summed E-state index contributed by atoms with van der Waals surface area (Å²) in [6.45, 7) is 2.64. The van der Waals surface area contributed by atoms with Crippen LogP contribution in [0.3, 0.4) is 0 Å². The molecule has 0 fully saturated rings. The third kappa shape index (κ3) is 2.30. The van der Waals surface area contributed by atoms with Gasteiger partial charge in [0.05, 0.1) is 0 Å². The number of hydrogen-bond acceptors (Lipinski definition) is 2. The van der Waals surface area contributed by atoms with Crippen LogP contribution in [0.25, 0.3) is 0 Å². The van der Waals surface area contributed by atoms with Gasteiger partial charge in [-0.1, -0.05) is 0 Å². The highest BCUT2D eigenvalue weighted by Gasteiger charge is 1.97. The molecule has 0 aliphatic heterocycles. The van der Waals surface area contributed by atoms with E-state index in [4.69, 9.17) is 5.73 Å². The maximum absolute atomic E-state index is 5.66. The topological polar surface area (TPSA) is 51.3 Å². The smallest absolute Gasteiger partial charge is 0.127 e. The Hall–Kier alpha value is -0.900. The number of amidine groups is 1. The van der Waals surface area contributed by atoms with Crippen LogP contribution in [0.5, 0.6) is 0 Å². The van der Waals surface area contributed by atoms with E-state index in [0.29, 0.717) is 12.4 Å². The van der Waals surface area contributed by atoms with Gasteiger partial charge in [0, 0.05) is 29.0 Å². The molecule has 2 N–H and O–H groups in total. The van der Waals surface area contributed by atoms with Crippen LogP contribution < -0.4 is 5.73 Å². The molecule has 0 saturated heterocycles. The number of aromatic nitrogens is 1. The van der Waals surface area contributed by atoms with Gasteiger partial charge in [-0.15, -0.1) is 0 Å². The average molecular weight is 228 g/mol. The Morgan fingerprint density at radius 2 is 2.42 bits per heavy atom. The Labute approximate surface area is 79.8 Å². The van der Waals surface area contributed by atoms with Gasteiger partial charge in [0.15, 0.2) is 0 Å². The minimum atomic E-state index is 0.534. The molecule has 0 spiro atoms. The number of pyridine rings is 1. The summed E-state index contributed by atoms with van der Waals surface area (Å²) in [6, 6.07) is 1.89. The van der Waals surface area contributed by atoms with Crippen molar-refractivity contribution < 1.29 is 0 Å². The highest BCUT2D eigenvalue weighted by Crippen LogP contribution is 2.08. The Morgan fingerprint density at radius 3 is 3.00 bits per heavy atom. The van der Waals surface area contributed by atoms with E-state index in [-0.39, 0.29) is 0 Å². The van der Waals surface area contributed by atoms with Crippen molar-refractivity contribution >= 4 is 21.8 Å². The predicted octanol–water partition coefficient (Wildman–Crippen LogP) is 1.57. The van der Waals surface area contributed by atoms with Crippen molar-refractivity contribution in [2.75, 3.05) is 6.54 Å².